The molecular weight excluding hydrogens is 374 g/mol. The Balaban J connectivity index is 1.86. The van der Waals surface area contributed by atoms with E-state index in [1.807, 2.05) is 36.4 Å². The minimum absolute atomic E-state index is 0.0537. The van der Waals surface area contributed by atoms with Crippen LogP contribution in [0.1, 0.15) is 18.1 Å². The SMILES string of the molecule is CCc1ccccc1NCc1ccccc1Oc1ccc([N+](=O)[O-])cc1[N+](=O)[O-]. The van der Waals surface area contributed by atoms with Gasteiger partial charge in [0.2, 0.25) is 5.75 Å². The van der Waals surface area contributed by atoms with E-state index in [4.69, 9.17) is 4.74 Å². The van der Waals surface area contributed by atoms with E-state index in [1.54, 1.807) is 12.1 Å². The molecule has 0 radical (unpaired) electrons. The Morgan fingerprint density at radius 1 is 0.862 bits per heavy atom. The lowest BCUT2D eigenvalue weighted by Crippen LogP contribution is -2.04. The smallest absolute Gasteiger partial charge is 0.318 e. The number of ether oxygens (including phenoxy) is 1. The van der Waals surface area contributed by atoms with Crippen molar-refractivity contribution in [2.24, 2.45) is 0 Å². The van der Waals surface area contributed by atoms with Crippen molar-refractivity contribution in [2.75, 3.05) is 5.32 Å². The molecule has 0 amide bonds. The van der Waals surface area contributed by atoms with E-state index < -0.39 is 15.5 Å². The molecule has 0 fully saturated rings. The molecule has 0 aliphatic rings. The predicted molar refractivity (Wildman–Crippen MR) is 109 cm³/mol. The van der Waals surface area contributed by atoms with Crippen LogP contribution in [-0.2, 0) is 13.0 Å². The molecule has 0 saturated heterocycles. The zero-order valence-corrected chi connectivity index (χ0v) is 15.7. The number of aryl methyl sites for hydroxylation is 1. The molecule has 0 unspecified atom stereocenters. The number of rotatable bonds is 8. The van der Waals surface area contributed by atoms with Crippen LogP contribution < -0.4 is 10.1 Å². The predicted octanol–water partition coefficient (Wildman–Crippen LogP) is 5.47. The van der Waals surface area contributed by atoms with E-state index in [0.29, 0.717) is 12.3 Å². The van der Waals surface area contributed by atoms with Gasteiger partial charge >= 0.3 is 5.69 Å². The number of hydrogen-bond donors (Lipinski definition) is 1. The van der Waals surface area contributed by atoms with Gasteiger partial charge in [-0.1, -0.05) is 43.3 Å². The molecule has 0 bridgehead atoms. The quantitative estimate of drug-likeness (QED) is 0.402. The van der Waals surface area contributed by atoms with Gasteiger partial charge in [0.25, 0.3) is 5.69 Å². The first-order valence-electron chi connectivity index (χ1n) is 9.00. The molecule has 3 rings (SSSR count). The molecule has 0 atom stereocenters. The maximum Gasteiger partial charge on any atom is 0.318 e. The van der Waals surface area contributed by atoms with Crippen LogP contribution in [0.15, 0.2) is 66.7 Å². The zero-order valence-electron chi connectivity index (χ0n) is 15.7. The molecule has 0 aromatic heterocycles. The molecule has 0 aliphatic heterocycles. The van der Waals surface area contributed by atoms with E-state index in [-0.39, 0.29) is 11.4 Å². The monoisotopic (exact) mass is 393 g/mol. The summed E-state index contributed by atoms with van der Waals surface area (Å²) in [6.07, 6.45) is 0.885. The van der Waals surface area contributed by atoms with Crippen LogP contribution in [0.5, 0.6) is 11.5 Å². The summed E-state index contributed by atoms with van der Waals surface area (Å²) in [6, 6.07) is 18.5. The van der Waals surface area contributed by atoms with Gasteiger partial charge in [-0.15, -0.1) is 0 Å². The van der Waals surface area contributed by atoms with Crippen LogP contribution >= 0.6 is 0 Å². The molecule has 3 aromatic carbocycles. The van der Waals surface area contributed by atoms with Gasteiger partial charge in [-0.05, 0) is 30.2 Å². The molecule has 0 heterocycles. The molecule has 29 heavy (non-hydrogen) atoms. The van der Waals surface area contributed by atoms with Crippen molar-refractivity contribution in [3.63, 3.8) is 0 Å². The van der Waals surface area contributed by atoms with E-state index in [2.05, 4.69) is 12.2 Å². The highest BCUT2D eigenvalue weighted by Gasteiger charge is 2.21. The average molecular weight is 393 g/mol. The number of benzene rings is 3. The lowest BCUT2D eigenvalue weighted by molar-refractivity contribution is -0.394. The summed E-state index contributed by atoms with van der Waals surface area (Å²) in [5, 5.41) is 25.6. The second-order valence-electron chi connectivity index (χ2n) is 6.24. The summed E-state index contributed by atoms with van der Waals surface area (Å²) < 4.78 is 5.78. The molecule has 0 spiro atoms. The fraction of sp³-hybridized carbons (Fsp3) is 0.143. The lowest BCUT2D eigenvalue weighted by Gasteiger charge is -2.14. The van der Waals surface area contributed by atoms with Gasteiger partial charge in [-0.3, -0.25) is 20.2 Å². The third-order valence-electron chi connectivity index (χ3n) is 4.41. The number of nitro groups is 2. The van der Waals surface area contributed by atoms with E-state index in [9.17, 15) is 20.2 Å². The Morgan fingerprint density at radius 3 is 2.24 bits per heavy atom. The lowest BCUT2D eigenvalue weighted by atomic mass is 10.1. The molecule has 1 N–H and O–H groups in total. The van der Waals surface area contributed by atoms with E-state index >= 15 is 0 Å². The summed E-state index contributed by atoms with van der Waals surface area (Å²) >= 11 is 0. The summed E-state index contributed by atoms with van der Waals surface area (Å²) in [4.78, 5) is 20.9. The Bertz CT molecular complexity index is 1050. The van der Waals surface area contributed by atoms with Crippen molar-refractivity contribution < 1.29 is 14.6 Å². The van der Waals surface area contributed by atoms with E-state index in [0.717, 1.165) is 23.7 Å². The first-order valence-corrected chi connectivity index (χ1v) is 9.00. The standard InChI is InChI=1S/C21H19N3O5/c1-2-15-7-3-5-9-18(15)22-14-16-8-4-6-10-20(16)29-21-12-11-17(23(25)26)13-19(21)24(27)28/h3-13,22H,2,14H2,1H3. The third-order valence-corrected chi connectivity index (χ3v) is 4.41. The van der Waals surface area contributed by atoms with Crippen molar-refractivity contribution in [2.45, 2.75) is 19.9 Å². The largest absolute Gasteiger partial charge is 0.450 e. The van der Waals surface area contributed by atoms with Crippen molar-refractivity contribution in [1.29, 1.82) is 0 Å². The topological polar surface area (TPSA) is 108 Å². The van der Waals surface area contributed by atoms with Crippen LogP contribution in [0.2, 0.25) is 0 Å². The Hall–Kier alpha value is -3.94. The second kappa shape index (κ2) is 8.83. The molecular formula is C21H19N3O5. The fourth-order valence-corrected chi connectivity index (χ4v) is 2.91. The Labute approximate surface area is 167 Å². The van der Waals surface area contributed by atoms with Crippen LogP contribution in [0, 0.1) is 20.2 Å². The summed E-state index contributed by atoms with van der Waals surface area (Å²) in [6.45, 7) is 2.53. The molecule has 0 aliphatic carbocycles. The summed E-state index contributed by atoms with van der Waals surface area (Å²) in [7, 11) is 0. The molecule has 3 aromatic rings. The maximum absolute atomic E-state index is 11.3. The number of anilines is 1. The first kappa shape index (κ1) is 19.8. The Morgan fingerprint density at radius 2 is 1.55 bits per heavy atom. The maximum atomic E-state index is 11.3. The molecule has 8 heteroatoms. The van der Waals surface area contributed by atoms with Gasteiger partial charge in [0.05, 0.1) is 15.9 Å². The Kier molecular flexibility index (Phi) is 6.03. The minimum atomic E-state index is -0.694. The molecule has 148 valence electrons. The number of hydrogen-bond acceptors (Lipinski definition) is 6. The normalized spacial score (nSPS) is 10.4. The number of nitrogens with zero attached hydrogens (tertiary/aromatic N) is 2. The summed E-state index contributed by atoms with van der Waals surface area (Å²) in [5.41, 5.74) is 2.16. The van der Waals surface area contributed by atoms with Gasteiger partial charge in [-0.25, -0.2) is 0 Å². The van der Waals surface area contributed by atoms with Gasteiger partial charge < -0.3 is 10.1 Å². The number of nitro benzene ring substituents is 2. The van der Waals surface area contributed by atoms with Crippen LogP contribution in [0.25, 0.3) is 0 Å². The van der Waals surface area contributed by atoms with Gasteiger partial charge in [0.1, 0.15) is 5.75 Å². The highest BCUT2D eigenvalue weighted by molar-refractivity contribution is 5.56. The highest BCUT2D eigenvalue weighted by Crippen LogP contribution is 2.35. The van der Waals surface area contributed by atoms with Crippen molar-refractivity contribution in [3.05, 3.63) is 98.1 Å². The van der Waals surface area contributed by atoms with Crippen LogP contribution in [0.4, 0.5) is 17.1 Å². The van der Waals surface area contributed by atoms with Gasteiger partial charge in [-0.2, -0.15) is 0 Å². The number of non-ortho nitro benzene ring substituents is 1. The van der Waals surface area contributed by atoms with E-state index in [1.165, 1.54) is 17.7 Å². The van der Waals surface area contributed by atoms with Crippen molar-refractivity contribution >= 4 is 17.1 Å². The number of para-hydroxylation sites is 2. The first-order chi connectivity index (χ1) is 14.0. The minimum Gasteiger partial charge on any atom is -0.450 e. The molecule has 0 saturated carbocycles. The average Bonchev–Trinajstić information content (AvgIpc) is 2.73. The zero-order chi connectivity index (χ0) is 20.8. The van der Waals surface area contributed by atoms with Crippen LogP contribution in [0.3, 0.4) is 0 Å². The molecule has 8 nitrogen and oxygen atoms in total. The second-order valence-corrected chi connectivity index (χ2v) is 6.24. The fourth-order valence-electron chi connectivity index (χ4n) is 2.91. The van der Waals surface area contributed by atoms with Gasteiger partial charge in [0, 0.05) is 23.9 Å². The van der Waals surface area contributed by atoms with Gasteiger partial charge in [0.15, 0.2) is 0 Å². The van der Waals surface area contributed by atoms with Crippen molar-refractivity contribution in [3.8, 4) is 11.5 Å². The number of nitrogens with one attached hydrogen (secondary N) is 1. The summed E-state index contributed by atoms with van der Waals surface area (Å²) in [5.74, 6) is 0.382. The van der Waals surface area contributed by atoms with Crippen LogP contribution in [-0.4, -0.2) is 9.85 Å². The van der Waals surface area contributed by atoms with Crippen molar-refractivity contribution in [1.82, 2.24) is 0 Å². The third kappa shape index (κ3) is 4.67. The highest BCUT2D eigenvalue weighted by atomic mass is 16.6.